The quantitative estimate of drug-likeness (QED) is 0.213. The molecule has 0 aliphatic heterocycles. The zero-order chi connectivity index (χ0) is 17.6. The summed E-state index contributed by atoms with van der Waals surface area (Å²) in [5, 5.41) is 2.60. The third-order valence-corrected chi connectivity index (χ3v) is 4.49. The molecule has 0 spiro atoms. The number of fused-ring (bicyclic) bond motifs is 1. The molecule has 1 heterocycles. The van der Waals surface area contributed by atoms with E-state index in [2.05, 4.69) is 108 Å². The average molecular weight is 585 g/mol. The molecule has 144 valence electrons. The van der Waals surface area contributed by atoms with E-state index in [1.807, 2.05) is 12.1 Å². The summed E-state index contributed by atoms with van der Waals surface area (Å²) in [6, 6.07) is 35.9. The average Bonchev–Trinajstić information content (AvgIpc) is 3.44. The van der Waals surface area contributed by atoms with Gasteiger partial charge in [-0.05, 0) is 24.2 Å². The van der Waals surface area contributed by atoms with E-state index in [4.69, 9.17) is 0 Å². The second-order valence-electron chi connectivity index (χ2n) is 6.39. The van der Waals surface area contributed by atoms with E-state index in [1.165, 1.54) is 27.6 Å². The molecule has 0 saturated heterocycles. The molecular weight excluding hydrogens is 564 g/mol. The first kappa shape index (κ1) is 25.2. The van der Waals surface area contributed by atoms with Crippen molar-refractivity contribution in [2.75, 3.05) is 0 Å². The zero-order valence-corrected chi connectivity index (χ0v) is 21.0. The van der Waals surface area contributed by atoms with Crippen LogP contribution in [0.2, 0.25) is 0 Å². The van der Waals surface area contributed by atoms with Crippen molar-refractivity contribution < 1.29 is 50.7 Å². The Bertz CT molecular complexity index is 1020. The summed E-state index contributed by atoms with van der Waals surface area (Å²) in [7, 11) is 0. The molecule has 5 aromatic rings. The molecule has 0 bridgehead atoms. The number of benzene rings is 2. The van der Waals surface area contributed by atoms with Crippen LogP contribution in [-0.2, 0) is 32.3 Å². The van der Waals surface area contributed by atoms with Gasteiger partial charge in [-0.25, -0.2) is 12.1 Å². The third kappa shape index (κ3) is 6.85. The van der Waals surface area contributed by atoms with Crippen molar-refractivity contribution in [3.8, 4) is 5.69 Å². The molecule has 0 N–H and O–H groups in total. The number of nitrogens with zero attached hydrogens (tertiary/aromatic N) is 1. The summed E-state index contributed by atoms with van der Waals surface area (Å²) in [5.41, 5.74) is 4.00. The zero-order valence-electron chi connectivity index (χ0n) is 15.9. The predicted molar refractivity (Wildman–Crippen MR) is 110 cm³/mol. The first-order valence-electron chi connectivity index (χ1n) is 8.92. The minimum absolute atomic E-state index is 0. The molecule has 0 saturated carbocycles. The fraction of sp³-hybridized carbons (Fsp3) is 0.0400. The topological polar surface area (TPSA) is 4.93 Å². The van der Waals surface area contributed by atoms with E-state index in [9.17, 15) is 0 Å². The van der Waals surface area contributed by atoms with Crippen molar-refractivity contribution in [3.63, 3.8) is 0 Å². The van der Waals surface area contributed by atoms with Gasteiger partial charge in [0.25, 0.3) is 0 Å². The maximum atomic E-state index is 2.20. The standard InChI is InChI=1S/C13H10N.C12H11.2ClH.Hf/c1-2-6-12-10-13(9-11(12)5-1)14-7-3-4-8-14;1-2-6-11(7-3-1)10-12-8-4-5-9-12;;;/h1-10H;1-9H,10H2;2*1H;/q2*-1;;;+4/p-2. The predicted octanol–water partition coefficient (Wildman–Crippen LogP) is 0.351. The van der Waals surface area contributed by atoms with Crippen molar-refractivity contribution in [1.29, 1.82) is 0 Å². The first-order valence-corrected chi connectivity index (χ1v) is 8.92. The summed E-state index contributed by atoms with van der Waals surface area (Å²) in [5.74, 6) is 0. The Labute approximate surface area is 203 Å². The second kappa shape index (κ2) is 12.6. The van der Waals surface area contributed by atoms with Crippen LogP contribution in [0.5, 0.6) is 0 Å². The SMILES string of the molecule is [Cl-].[Cl-].[Hf+4].c1ccc(C[c-]2cccc2)cc1.c1ccc2[cH-]c(-n3cccc3)cc2c1. The molecule has 1 aromatic heterocycles. The minimum Gasteiger partial charge on any atom is -1.00 e. The molecule has 0 unspecified atom stereocenters. The van der Waals surface area contributed by atoms with Gasteiger partial charge < -0.3 is 29.4 Å². The van der Waals surface area contributed by atoms with Crippen LogP contribution >= 0.6 is 0 Å². The van der Waals surface area contributed by atoms with Crippen LogP contribution in [-0.4, -0.2) is 4.57 Å². The van der Waals surface area contributed by atoms with Crippen molar-refractivity contribution in [2.45, 2.75) is 6.42 Å². The Morgan fingerprint density at radius 2 is 1.34 bits per heavy atom. The molecule has 0 fully saturated rings. The number of rotatable bonds is 3. The normalized spacial score (nSPS) is 9.38. The Balaban J connectivity index is 0.000000266. The van der Waals surface area contributed by atoms with Crippen LogP contribution in [0.3, 0.4) is 0 Å². The Kier molecular flexibility index (Phi) is 11.0. The van der Waals surface area contributed by atoms with E-state index in [1.54, 1.807) is 0 Å². The van der Waals surface area contributed by atoms with Gasteiger partial charge in [-0.15, -0.1) is 41.1 Å². The van der Waals surface area contributed by atoms with E-state index >= 15 is 0 Å². The largest absolute Gasteiger partial charge is 4.00 e. The van der Waals surface area contributed by atoms with E-state index in [0.717, 1.165) is 6.42 Å². The maximum Gasteiger partial charge on any atom is 4.00 e. The Hall–Kier alpha value is -1.87. The van der Waals surface area contributed by atoms with Crippen LogP contribution in [0.4, 0.5) is 0 Å². The van der Waals surface area contributed by atoms with E-state index < -0.39 is 0 Å². The van der Waals surface area contributed by atoms with Gasteiger partial charge >= 0.3 is 25.8 Å². The van der Waals surface area contributed by atoms with Crippen LogP contribution in [0.15, 0.2) is 116 Å². The molecule has 1 nitrogen and oxygen atoms in total. The van der Waals surface area contributed by atoms with E-state index in [0.29, 0.717) is 0 Å². The maximum absolute atomic E-state index is 2.20. The summed E-state index contributed by atoms with van der Waals surface area (Å²) < 4.78 is 2.12. The van der Waals surface area contributed by atoms with Crippen molar-refractivity contribution in [3.05, 3.63) is 127 Å². The number of hydrogen-bond acceptors (Lipinski definition) is 0. The van der Waals surface area contributed by atoms with Gasteiger partial charge in [0.1, 0.15) is 0 Å². The van der Waals surface area contributed by atoms with Crippen LogP contribution in [0, 0.1) is 0 Å². The van der Waals surface area contributed by atoms with Crippen molar-refractivity contribution in [2.24, 2.45) is 0 Å². The first-order chi connectivity index (χ1) is 12.9. The molecule has 0 amide bonds. The summed E-state index contributed by atoms with van der Waals surface area (Å²) in [6.07, 6.45) is 5.18. The molecular formula is C25H21Cl2HfN. The molecule has 0 radical (unpaired) electrons. The fourth-order valence-corrected chi connectivity index (χ4v) is 3.15. The summed E-state index contributed by atoms with van der Waals surface area (Å²) in [6.45, 7) is 0. The van der Waals surface area contributed by atoms with Crippen molar-refractivity contribution in [1.82, 2.24) is 4.57 Å². The molecule has 0 aliphatic rings. The molecule has 5 rings (SSSR count). The molecule has 0 atom stereocenters. The fourth-order valence-electron chi connectivity index (χ4n) is 3.15. The third-order valence-electron chi connectivity index (χ3n) is 4.49. The number of halogens is 2. The Morgan fingerprint density at radius 3 is 2.00 bits per heavy atom. The smallest absolute Gasteiger partial charge is 1.00 e. The van der Waals surface area contributed by atoms with Gasteiger partial charge in [0.15, 0.2) is 0 Å². The van der Waals surface area contributed by atoms with Gasteiger partial charge in [0.05, 0.1) is 0 Å². The minimum atomic E-state index is 0. The van der Waals surface area contributed by atoms with Gasteiger partial charge in [-0.1, -0.05) is 42.0 Å². The van der Waals surface area contributed by atoms with Crippen LogP contribution in [0.25, 0.3) is 16.5 Å². The van der Waals surface area contributed by atoms with Crippen LogP contribution < -0.4 is 24.8 Å². The van der Waals surface area contributed by atoms with Crippen molar-refractivity contribution >= 4 is 10.8 Å². The molecule has 4 aromatic carbocycles. The molecule has 29 heavy (non-hydrogen) atoms. The van der Waals surface area contributed by atoms with E-state index in [-0.39, 0.29) is 50.7 Å². The van der Waals surface area contributed by atoms with Gasteiger partial charge in [0, 0.05) is 12.4 Å². The van der Waals surface area contributed by atoms with Crippen LogP contribution in [0.1, 0.15) is 11.1 Å². The summed E-state index contributed by atoms with van der Waals surface area (Å²) >= 11 is 0. The van der Waals surface area contributed by atoms with Gasteiger partial charge in [0.2, 0.25) is 0 Å². The van der Waals surface area contributed by atoms with Gasteiger partial charge in [-0.3, -0.25) is 0 Å². The Morgan fingerprint density at radius 1 is 0.724 bits per heavy atom. The monoisotopic (exact) mass is 585 g/mol. The second-order valence-corrected chi connectivity index (χ2v) is 6.39. The summed E-state index contributed by atoms with van der Waals surface area (Å²) in [4.78, 5) is 0. The number of aromatic nitrogens is 1. The molecule has 4 heteroatoms. The molecule has 0 aliphatic carbocycles. The number of hydrogen-bond donors (Lipinski definition) is 0. The van der Waals surface area contributed by atoms with Gasteiger partial charge in [-0.2, -0.15) is 17.7 Å².